The number of aliphatic hydroxyl groups excluding tert-OH is 1. The van der Waals surface area contributed by atoms with Crippen LogP contribution in [0.15, 0.2) is 36.4 Å². The third-order valence-corrected chi connectivity index (χ3v) is 5.38. The maximum absolute atomic E-state index is 12.9. The summed E-state index contributed by atoms with van der Waals surface area (Å²) in [5, 5.41) is 10.3. The van der Waals surface area contributed by atoms with Crippen LogP contribution in [-0.2, 0) is 6.54 Å². The van der Waals surface area contributed by atoms with Crippen molar-refractivity contribution in [2.24, 2.45) is 0 Å². The number of β-amino-alcohol motifs (C(OH)–C–C–N with tert-alkyl or cyclic N) is 1. The fourth-order valence-corrected chi connectivity index (χ4v) is 3.95. The summed E-state index contributed by atoms with van der Waals surface area (Å²) >= 11 is 7.60. The highest BCUT2D eigenvalue weighted by Gasteiger charge is 2.20. The number of halogens is 2. The van der Waals surface area contributed by atoms with E-state index >= 15 is 0 Å². The van der Waals surface area contributed by atoms with Gasteiger partial charge in [-0.15, -0.1) is 11.3 Å². The summed E-state index contributed by atoms with van der Waals surface area (Å²) < 4.78 is 13.8. The zero-order chi connectivity index (χ0) is 16.2. The lowest BCUT2D eigenvalue weighted by Gasteiger charge is -2.35. The van der Waals surface area contributed by atoms with Crippen molar-refractivity contribution in [3.05, 3.63) is 57.0 Å². The van der Waals surface area contributed by atoms with E-state index in [0.717, 1.165) is 42.6 Å². The van der Waals surface area contributed by atoms with Crippen LogP contribution < -0.4 is 0 Å². The molecule has 1 saturated heterocycles. The van der Waals surface area contributed by atoms with Crippen molar-refractivity contribution in [2.75, 3.05) is 32.7 Å². The van der Waals surface area contributed by atoms with E-state index in [1.807, 2.05) is 6.07 Å². The van der Waals surface area contributed by atoms with Crippen LogP contribution in [0.1, 0.15) is 16.5 Å². The number of piperazine rings is 1. The van der Waals surface area contributed by atoms with E-state index in [4.69, 9.17) is 11.6 Å². The van der Waals surface area contributed by atoms with Gasteiger partial charge in [-0.25, -0.2) is 4.39 Å². The van der Waals surface area contributed by atoms with Crippen LogP contribution in [0.3, 0.4) is 0 Å². The van der Waals surface area contributed by atoms with E-state index in [9.17, 15) is 9.50 Å². The standard InChI is InChI=1S/C17H20ClFN2OS/c18-17-6-5-15(23-17)11-20-7-9-21(10-8-20)12-16(22)13-1-3-14(19)4-2-13/h1-6,16,22H,7-12H2/t16-/m0/s1. The maximum Gasteiger partial charge on any atom is 0.123 e. The zero-order valence-corrected chi connectivity index (χ0v) is 14.4. The van der Waals surface area contributed by atoms with E-state index < -0.39 is 6.10 Å². The largest absolute Gasteiger partial charge is 0.387 e. The summed E-state index contributed by atoms with van der Waals surface area (Å²) in [4.78, 5) is 5.95. The van der Waals surface area contributed by atoms with E-state index in [-0.39, 0.29) is 5.82 Å². The Hall–Kier alpha value is -0.980. The molecular formula is C17H20ClFN2OS. The first-order valence-electron chi connectivity index (χ1n) is 7.72. The van der Waals surface area contributed by atoms with Gasteiger partial charge in [-0.2, -0.15) is 0 Å². The molecule has 3 nitrogen and oxygen atoms in total. The lowest BCUT2D eigenvalue weighted by atomic mass is 10.1. The Morgan fingerprint density at radius 3 is 2.30 bits per heavy atom. The average Bonchev–Trinajstić information content (AvgIpc) is 2.95. The molecule has 0 radical (unpaired) electrons. The van der Waals surface area contributed by atoms with Crippen LogP contribution in [0.2, 0.25) is 4.34 Å². The molecule has 0 aliphatic carbocycles. The molecule has 0 bridgehead atoms. The minimum atomic E-state index is -0.571. The van der Waals surface area contributed by atoms with Crippen molar-refractivity contribution in [1.82, 2.24) is 9.80 Å². The third kappa shape index (κ3) is 4.75. The van der Waals surface area contributed by atoms with Crippen LogP contribution in [0, 0.1) is 5.82 Å². The van der Waals surface area contributed by atoms with Crippen molar-refractivity contribution in [1.29, 1.82) is 0 Å². The van der Waals surface area contributed by atoms with Gasteiger partial charge in [0.2, 0.25) is 0 Å². The monoisotopic (exact) mass is 354 g/mol. The molecule has 1 aromatic carbocycles. The number of hydrogen-bond acceptors (Lipinski definition) is 4. The van der Waals surface area contributed by atoms with E-state index in [1.54, 1.807) is 23.5 Å². The van der Waals surface area contributed by atoms with Gasteiger partial charge < -0.3 is 5.11 Å². The molecule has 0 unspecified atom stereocenters. The Morgan fingerprint density at radius 1 is 1.04 bits per heavy atom. The molecule has 23 heavy (non-hydrogen) atoms. The number of thiophene rings is 1. The molecule has 0 spiro atoms. The number of hydrogen-bond donors (Lipinski definition) is 1. The molecule has 1 fully saturated rings. The second kappa shape index (κ2) is 7.73. The molecule has 2 aromatic rings. The highest BCUT2D eigenvalue weighted by molar-refractivity contribution is 7.16. The average molecular weight is 355 g/mol. The van der Waals surface area contributed by atoms with Gasteiger partial charge in [0.25, 0.3) is 0 Å². The van der Waals surface area contributed by atoms with Crippen molar-refractivity contribution in [2.45, 2.75) is 12.6 Å². The normalized spacial score (nSPS) is 18.2. The van der Waals surface area contributed by atoms with Gasteiger partial charge in [0.05, 0.1) is 10.4 Å². The lowest BCUT2D eigenvalue weighted by molar-refractivity contribution is 0.0704. The van der Waals surface area contributed by atoms with E-state index in [1.165, 1.54) is 17.0 Å². The Morgan fingerprint density at radius 2 is 1.70 bits per heavy atom. The first kappa shape index (κ1) is 16.9. The Kier molecular flexibility index (Phi) is 5.67. The fraction of sp³-hybridized carbons (Fsp3) is 0.412. The van der Waals surface area contributed by atoms with E-state index in [0.29, 0.717) is 6.54 Å². The second-order valence-electron chi connectivity index (χ2n) is 5.85. The molecule has 0 saturated carbocycles. The summed E-state index contributed by atoms with van der Waals surface area (Å²) in [5.41, 5.74) is 0.766. The molecular weight excluding hydrogens is 335 g/mol. The number of aliphatic hydroxyl groups is 1. The van der Waals surface area contributed by atoms with Crippen molar-refractivity contribution >= 4 is 22.9 Å². The van der Waals surface area contributed by atoms with Gasteiger partial charge in [0.1, 0.15) is 5.82 Å². The Balaban J connectivity index is 1.46. The molecule has 2 heterocycles. The van der Waals surface area contributed by atoms with Crippen LogP contribution in [0.4, 0.5) is 4.39 Å². The molecule has 1 aromatic heterocycles. The smallest absolute Gasteiger partial charge is 0.123 e. The van der Waals surface area contributed by atoms with Crippen LogP contribution in [-0.4, -0.2) is 47.6 Å². The molecule has 6 heteroatoms. The fourth-order valence-electron chi connectivity index (χ4n) is 2.82. The van der Waals surface area contributed by atoms with Gasteiger partial charge in [-0.3, -0.25) is 9.80 Å². The molecule has 1 aliphatic heterocycles. The topological polar surface area (TPSA) is 26.7 Å². The first-order valence-corrected chi connectivity index (χ1v) is 8.92. The molecule has 1 N–H and O–H groups in total. The lowest BCUT2D eigenvalue weighted by Crippen LogP contribution is -2.46. The highest BCUT2D eigenvalue weighted by Crippen LogP contribution is 2.23. The van der Waals surface area contributed by atoms with Gasteiger partial charge in [-0.1, -0.05) is 23.7 Å². The minimum Gasteiger partial charge on any atom is -0.387 e. The second-order valence-corrected chi connectivity index (χ2v) is 7.65. The zero-order valence-electron chi connectivity index (χ0n) is 12.8. The van der Waals surface area contributed by atoms with Crippen molar-refractivity contribution in [3.63, 3.8) is 0 Å². The summed E-state index contributed by atoms with van der Waals surface area (Å²) in [5.74, 6) is -0.275. The molecule has 0 amide bonds. The molecule has 1 aliphatic rings. The van der Waals surface area contributed by atoms with Crippen molar-refractivity contribution in [3.8, 4) is 0 Å². The van der Waals surface area contributed by atoms with Gasteiger partial charge in [0.15, 0.2) is 0 Å². The third-order valence-electron chi connectivity index (χ3n) is 4.16. The number of benzene rings is 1. The highest BCUT2D eigenvalue weighted by atomic mass is 35.5. The van der Waals surface area contributed by atoms with Crippen LogP contribution >= 0.6 is 22.9 Å². The minimum absolute atomic E-state index is 0.275. The number of nitrogens with zero attached hydrogens (tertiary/aromatic N) is 2. The Bertz CT molecular complexity index is 626. The molecule has 124 valence electrons. The summed E-state index contributed by atoms with van der Waals surface area (Å²) in [7, 11) is 0. The Labute approximate surface area is 144 Å². The predicted octanol–water partition coefficient (Wildman–Crippen LogP) is 3.39. The summed E-state index contributed by atoms with van der Waals surface area (Å²) in [6, 6.07) is 10.1. The van der Waals surface area contributed by atoms with Gasteiger partial charge in [0, 0.05) is 44.1 Å². The number of rotatable bonds is 5. The SMILES string of the molecule is O[C@@H](CN1CCN(Cc2ccc(Cl)s2)CC1)c1ccc(F)cc1. The van der Waals surface area contributed by atoms with Crippen LogP contribution in [0.5, 0.6) is 0 Å². The van der Waals surface area contributed by atoms with Crippen LogP contribution in [0.25, 0.3) is 0 Å². The van der Waals surface area contributed by atoms with Gasteiger partial charge in [-0.05, 0) is 29.8 Å². The van der Waals surface area contributed by atoms with Gasteiger partial charge >= 0.3 is 0 Å². The quantitative estimate of drug-likeness (QED) is 0.891. The van der Waals surface area contributed by atoms with E-state index in [2.05, 4.69) is 15.9 Å². The summed E-state index contributed by atoms with van der Waals surface area (Å²) in [6.07, 6.45) is -0.571. The molecule has 3 rings (SSSR count). The molecule has 1 atom stereocenters. The van der Waals surface area contributed by atoms with Crippen molar-refractivity contribution < 1.29 is 9.50 Å². The predicted molar refractivity (Wildman–Crippen MR) is 92.4 cm³/mol. The maximum atomic E-state index is 12.9. The summed E-state index contributed by atoms with van der Waals surface area (Å²) in [6.45, 7) is 5.34. The first-order chi connectivity index (χ1) is 11.1.